The minimum atomic E-state index is 0.208. The lowest BCUT2D eigenvalue weighted by atomic mass is 9.95. The summed E-state index contributed by atoms with van der Waals surface area (Å²) in [6.07, 6.45) is 2.79. The second kappa shape index (κ2) is 2.57. The van der Waals surface area contributed by atoms with Crippen molar-refractivity contribution in [3.8, 4) is 0 Å². The first-order valence-electron chi connectivity index (χ1n) is 3.81. The van der Waals surface area contributed by atoms with Crippen molar-refractivity contribution in [2.24, 2.45) is 11.8 Å². The van der Waals surface area contributed by atoms with Crippen molar-refractivity contribution in [2.45, 2.75) is 27.2 Å². The number of hydrogen-bond donors (Lipinski definition) is 0. The normalized spacial score (nSPS) is 25.8. The predicted octanol–water partition coefficient (Wildman–Crippen LogP) is 2.18. The minimum Gasteiger partial charge on any atom is -0.299 e. The second-order valence-electron chi connectivity index (χ2n) is 3.43. The molecule has 0 N–H and O–H groups in total. The van der Waals surface area contributed by atoms with Crippen LogP contribution in [0.1, 0.15) is 27.2 Å². The highest BCUT2D eigenvalue weighted by atomic mass is 16.1. The van der Waals surface area contributed by atoms with Crippen LogP contribution in [0.25, 0.3) is 0 Å². The zero-order valence-corrected chi connectivity index (χ0v) is 6.85. The van der Waals surface area contributed by atoms with E-state index in [9.17, 15) is 4.79 Å². The third-order valence-corrected chi connectivity index (χ3v) is 2.01. The van der Waals surface area contributed by atoms with Crippen LogP contribution < -0.4 is 0 Å². The van der Waals surface area contributed by atoms with Crippen LogP contribution in [0.3, 0.4) is 0 Å². The predicted molar refractivity (Wildman–Crippen MR) is 41.7 cm³/mol. The maximum Gasteiger partial charge on any atom is 0.143 e. The van der Waals surface area contributed by atoms with Gasteiger partial charge in [-0.2, -0.15) is 0 Å². The van der Waals surface area contributed by atoms with E-state index in [0.717, 1.165) is 0 Å². The second-order valence-corrected chi connectivity index (χ2v) is 3.43. The van der Waals surface area contributed by atoms with Gasteiger partial charge in [-0.3, -0.25) is 4.79 Å². The van der Waals surface area contributed by atoms with Crippen molar-refractivity contribution < 1.29 is 4.79 Å². The summed E-state index contributed by atoms with van der Waals surface area (Å²) in [5.41, 5.74) is 1.24. The molecule has 1 unspecified atom stereocenters. The summed E-state index contributed by atoms with van der Waals surface area (Å²) in [5.74, 6) is 1.08. The van der Waals surface area contributed by atoms with Crippen LogP contribution in [0.2, 0.25) is 0 Å². The fraction of sp³-hybridized carbons (Fsp3) is 0.667. The van der Waals surface area contributed by atoms with Crippen LogP contribution in [0.4, 0.5) is 0 Å². The molecule has 1 nitrogen and oxygen atoms in total. The lowest BCUT2D eigenvalue weighted by Gasteiger charge is -2.08. The van der Waals surface area contributed by atoms with E-state index in [1.165, 1.54) is 5.57 Å². The molecule has 0 aromatic carbocycles. The Balaban J connectivity index is 2.69. The molecule has 0 radical (unpaired) electrons. The van der Waals surface area contributed by atoms with Crippen LogP contribution in [-0.2, 0) is 4.79 Å². The molecule has 10 heavy (non-hydrogen) atoms. The molecule has 0 bridgehead atoms. The average Bonchev–Trinajstić information content (AvgIpc) is 2.10. The van der Waals surface area contributed by atoms with Gasteiger partial charge in [0.1, 0.15) is 5.78 Å². The van der Waals surface area contributed by atoms with Crippen LogP contribution in [0, 0.1) is 11.8 Å². The van der Waals surface area contributed by atoms with Gasteiger partial charge in [-0.05, 0) is 12.8 Å². The van der Waals surface area contributed by atoms with Gasteiger partial charge in [0.05, 0.1) is 0 Å². The monoisotopic (exact) mass is 138 g/mol. The zero-order chi connectivity index (χ0) is 7.72. The fourth-order valence-electron chi connectivity index (χ4n) is 1.42. The molecule has 0 saturated heterocycles. The Hall–Kier alpha value is -0.590. The van der Waals surface area contributed by atoms with Gasteiger partial charge in [0.25, 0.3) is 0 Å². The lowest BCUT2D eigenvalue weighted by molar-refractivity contribution is -0.121. The zero-order valence-electron chi connectivity index (χ0n) is 6.85. The van der Waals surface area contributed by atoms with Crippen molar-refractivity contribution in [3.05, 3.63) is 11.6 Å². The smallest absolute Gasteiger partial charge is 0.143 e. The van der Waals surface area contributed by atoms with Crippen molar-refractivity contribution in [1.82, 2.24) is 0 Å². The molecule has 1 rings (SSSR count). The lowest BCUT2D eigenvalue weighted by Crippen LogP contribution is -2.12. The SMILES string of the molecule is CC1=CC(C(C)C)C(=O)C1. The molecule has 1 aliphatic carbocycles. The van der Waals surface area contributed by atoms with Crippen molar-refractivity contribution in [1.29, 1.82) is 0 Å². The maximum absolute atomic E-state index is 11.2. The molecule has 1 heteroatoms. The maximum atomic E-state index is 11.2. The number of ketones is 1. The molecule has 0 aromatic rings. The van der Waals surface area contributed by atoms with Crippen LogP contribution in [0.5, 0.6) is 0 Å². The van der Waals surface area contributed by atoms with E-state index in [0.29, 0.717) is 18.1 Å². The molecule has 0 heterocycles. The summed E-state index contributed by atoms with van der Waals surface area (Å²) in [7, 11) is 0. The summed E-state index contributed by atoms with van der Waals surface area (Å²) in [6.45, 7) is 6.22. The Kier molecular flexibility index (Phi) is 1.93. The summed E-state index contributed by atoms with van der Waals surface area (Å²) in [5, 5.41) is 0. The summed E-state index contributed by atoms with van der Waals surface area (Å²) in [4.78, 5) is 11.2. The first kappa shape index (κ1) is 7.52. The Morgan fingerprint density at radius 1 is 1.60 bits per heavy atom. The van der Waals surface area contributed by atoms with Crippen LogP contribution >= 0.6 is 0 Å². The number of Topliss-reactive ketones (excluding diaryl/α,β-unsaturated/α-hetero) is 1. The van der Waals surface area contributed by atoms with Crippen LogP contribution in [0.15, 0.2) is 11.6 Å². The van der Waals surface area contributed by atoms with Gasteiger partial charge in [0, 0.05) is 12.3 Å². The van der Waals surface area contributed by atoms with Gasteiger partial charge < -0.3 is 0 Å². The van der Waals surface area contributed by atoms with E-state index in [4.69, 9.17) is 0 Å². The van der Waals surface area contributed by atoms with Crippen molar-refractivity contribution in [2.75, 3.05) is 0 Å². The first-order chi connectivity index (χ1) is 4.61. The Labute approximate surface area is 62.1 Å². The number of allylic oxidation sites excluding steroid dienone is 2. The summed E-state index contributed by atoms with van der Waals surface area (Å²) < 4.78 is 0. The Bertz CT molecular complexity index is 177. The largest absolute Gasteiger partial charge is 0.299 e. The van der Waals surface area contributed by atoms with Gasteiger partial charge >= 0.3 is 0 Å². The van der Waals surface area contributed by atoms with E-state index < -0.39 is 0 Å². The first-order valence-corrected chi connectivity index (χ1v) is 3.81. The molecule has 0 fully saturated rings. The number of hydrogen-bond acceptors (Lipinski definition) is 1. The quantitative estimate of drug-likeness (QED) is 0.507. The molecule has 1 atom stereocenters. The molecular weight excluding hydrogens is 124 g/mol. The topological polar surface area (TPSA) is 17.1 Å². The van der Waals surface area contributed by atoms with Gasteiger partial charge in [-0.25, -0.2) is 0 Å². The third-order valence-electron chi connectivity index (χ3n) is 2.01. The van der Waals surface area contributed by atoms with E-state index in [2.05, 4.69) is 19.9 Å². The molecule has 0 aromatic heterocycles. The summed E-state index contributed by atoms with van der Waals surface area (Å²) >= 11 is 0. The Morgan fingerprint density at radius 3 is 2.40 bits per heavy atom. The standard InChI is InChI=1S/C9H14O/c1-6(2)8-4-7(3)5-9(8)10/h4,6,8H,5H2,1-3H3. The van der Waals surface area contributed by atoms with Crippen molar-refractivity contribution >= 4 is 5.78 Å². The number of rotatable bonds is 1. The molecule has 56 valence electrons. The number of carbonyl (C=O) groups is 1. The highest BCUT2D eigenvalue weighted by Gasteiger charge is 2.24. The van der Waals surface area contributed by atoms with E-state index in [1.54, 1.807) is 0 Å². The van der Waals surface area contributed by atoms with Gasteiger partial charge in [-0.15, -0.1) is 0 Å². The highest BCUT2D eigenvalue weighted by Crippen LogP contribution is 2.25. The third kappa shape index (κ3) is 1.28. The Morgan fingerprint density at radius 2 is 2.20 bits per heavy atom. The van der Waals surface area contributed by atoms with Crippen LogP contribution in [-0.4, -0.2) is 5.78 Å². The average molecular weight is 138 g/mol. The fourth-order valence-corrected chi connectivity index (χ4v) is 1.42. The molecule has 0 amide bonds. The van der Waals surface area contributed by atoms with Crippen molar-refractivity contribution in [3.63, 3.8) is 0 Å². The van der Waals surface area contributed by atoms with E-state index in [-0.39, 0.29) is 5.92 Å². The highest BCUT2D eigenvalue weighted by molar-refractivity contribution is 5.88. The molecule has 0 saturated carbocycles. The summed E-state index contributed by atoms with van der Waals surface area (Å²) in [6, 6.07) is 0. The number of carbonyl (C=O) groups excluding carboxylic acids is 1. The molecule has 1 aliphatic rings. The molecule has 0 spiro atoms. The van der Waals surface area contributed by atoms with Gasteiger partial charge in [-0.1, -0.05) is 25.5 Å². The van der Waals surface area contributed by atoms with Gasteiger partial charge in [0.15, 0.2) is 0 Å². The molecular formula is C9H14O. The molecule has 0 aliphatic heterocycles. The minimum absolute atomic E-state index is 0.208. The van der Waals surface area contributed by atoms with Gasteiger partial charge in [0.2, 0.25) is 0 Å². The van der Waals surface area contributed by atoms with E-state index >= 15 is 0 Å². The van der Waals surface area contributed by atoms with E-state index in [1.807, 2.05) is 6.92 Å².